The molecular formula is C81H81N5O8. The van der Waals surface area contributed by atoms with Crippen molar-refractivity contribution >= 4 is 55.6 Å². The third-order valence-corrected chi connectivity index (χ3v) is 24.4. The number of fused-ring (bicyclic) bond motifs is 12. The number of hydrogen-bond acceptors (Lipinski definition) is 12. The molecule has 3 aliphatic heterocycles. The number of ketones is 3. The maximum absolute atomic E-state index is 12.6. The van der Waals surface area contributed by atoms with Crippen LogP contribution in [0.1, 0.15) is 132 Å². The molecule has 9 aliphatic carbocycles. The van der Waals surface area contributed by atoms with E-state index in [-0.39, 0.29) is 76.8 Å². The molecule has 0 bridgehead atoms. The zero-order valence-electron chi connectivity index (χ0n) is 53.7. The number of aliphatic hydroxyl groups excluding tert-OH is 1. The van der Waals surface area contributed by atoms with Crippen LogP contribution in [0.15, 0.2) is 215 Å². The molecule has 1 amide bonds. The fourth-order valence-electron chi connectivity index (χ4n) is 19.1. The lowest BCUT2D eigenvalue weighted by Crippen LogP contribution is -2.42. The fraction of sp³-hybridized carbons (Fsp3) is 0.395. The quantitative estimate of drug-likeness (QED) is 0.142. The summed E-state index contributed by atoms with van der Waals surface area (Å²) in [6.07, 6.45) is 40.7. The zero-order valence-corrected chi connectivity index (χ0v) is 53.7. The second-order valence-corrected chi connectivity index (χ2v) is 29.6. The number of aliphatic hydroxyl groups is 1. The molecule has 3 aromatic heterocycles. The molecule has 478 valence electrons. The molecule has 13 nitrogen and oxygen atoms in total. The summed E-state index contributed by atoms with van der Waals surface area (Å²) in [6, 6.07) is 26.5. The molecule has 6 aromatic rings. The van der Waals surface area contributed by atoms with E-state index < -0.39 is 11.8 Å². The number of aromatic nitrogens is 3. The summed E-state index contributed by atoms with van der Waals surface area (Å²) in [5, 5.41) is 16.8. The maximum atomic E-state index is 12.6. The summed E-state index contributed by atoms with van der Waals surface area (Å²) in [6.45, 7) is 7.67. The van der Waals surface area contributed by atoms with E-state index in [4.69, 9.17) is 25.7 Å². The number of primary amides is 1. The number of ether oxygens (including phenoxy) is 3. The Labute approximate surface area is 548 Å². The van der Waals surface area contributed by atoms with Gasteiger partial charge >= 0.3 is 0 Å². The molecule has 15 atom stereocenters. The first-order valence-corrected chi connectivity index (χ1v) is 34.2. The molecule has 3 saturated carbocycles. The fourth-order valence-corrected chi connectivity index (χ4v) is 19.1. The average molecular weight is 1250 g/mol. The topological polar surface area (TPSA) is 207 Å². The summed E-state index contributed by atoms with van der Waals surface area (Å²) in [7, 11) is 0. The van der Waals surface area contributed by atoms with Crippen molar-refractivity contribution in [2.24, 2.45) is 63.2 Å². The van der Waals surface area contributed by atoms with Crippen molar-refractivity contribution in [2.45, 2.75) is 134 Å². The Balaban J connectivity index is 0.000000112. The van der Waals surface area contributed by atoms with Crippen LogP contribution in [0.5, 0.6) is 0 Å². The van der Waals surface area contributed by atoms with E-state index in [1.165, 1.54) is 49.0 Å². The third-order valence-electron chi connectivity index (χ3n) is 24.4. The molecule has 5 N–H and O–H groups in total. The Bertz CT molecular complexity index is 4320. The van der Waals surface area contributed by atoms with E-state index in [1.54, 1.807) is 0 Å². The maximum Gasteiger partial charge on any atom is 0.221 e. The van der Waals surface area contributed by atoms with Gasteiger partial charge in [0.25, 0.3) is 0 Å². The molecule has 0 radical (unpaired) electrons. The lowest BCUT2D eigenvalue weighted by molar-refractivity contribution is -0.127. The number of allylic oxidation sites excluding steroid dienone is 12. The van der Waals surface area contributed by atoms with Crippen LogP contribution in [0.25, 0.3) is 32.3 Å². The van der Waals surface area contributed by atoms with E-state index in [0.717, 1.165) is 84.3 Å². The standard InChI is InChI=1S/C27H26N2O3.C27H28N2O2.C27H27NO3/c1-27-8-6-17-11-20-23(30)12-18(26(28)31)13-24(20)32-25(17)22(27)5-4-21(27)16-3-2-15-7-9-29-14-19(15)10-16;1-27-8-6-19-13-21-24(30)10-16(14-28)11-25(21)31-26(19)23(27)5-4-22(27)18-2-3-20-15-29-9-7-17(20)12-18;1-27-8-6-19-13-21-24(30)10-16(15-29)11-25(21)31-26(19)23(27)5-4-22(27)18-2-3-20-14-28-9-7-17(20)12-18/h2-3,6-11,14,18,21-22,25H,4-5,12-13H2,1H3,(H2,28,31);2-3,6-9,12-13,15-16,22-23,26H,4-5,10-11,14,28H2,1H3;2-3,6-9,12-14,16,22-23,26,29H,4-5,10-11,15H2,1H3/t18?,21-,22+,25-,27-;2*16?,22-,23+,26-,27-/m111/s1. The second kappa shape index (κ2) is 23.4. The summed E-state index contributed by atoms with van der Waals surface area (Å²) >= 11 is 0. The summed E-state index contributed by atoms with van der Waals surface area (Å²) in [5.74, 6) is 4.22. The lowest BCUT2D eigenvalue weighted by atomic mass is 9.64. The number of pyridine rings is 3. The van der Waals surface area contributed by atoms with Gasteiger partial charge in [-0.2, -0.15) is 0 Å². The minimum atomic E-state index is -0.468. The predicted octanol–water partition coefficient (Wildman–Crippen LogP) is 14.0. The summed E-state index contributed by atoms with van der Waals surface area (Å²) < 4.78 is 19.7. The van der Waals surface area contributed by atoms with E-state index in [9.17, 15) is 24.3 Å². The normalized spacial score (nSPS) is 33.8. The molecule has 94 heavy (non-hydrogen) atoms. The van der Waals surface area contributed by atoms with E-state index >= 15 is 0 Å². The van der Waals surface area contributed by atoms with E-state index in [1.807, 2.05) is 49.3 Å². The number of hydrogen-bond donors (Lipinski definition) is 3. The minimum absolute atomic E-state index is 0.00588. The Morgan fingerprint density at radius 3 is 1.30 bits per heavy atom. The van der Waals surface area contributed by atoms with E-state index in [2.05, 4.69) is 151 Å². The number of rotatable bonds is 6. The Morgan fingerprint density at radius 2 is 0.862 bits per heavy atom. The van der Waals surface area contributed by atoms with Crippen molar-refractivity contribution in [2.75, 3.05) is 13.2 Å². The van der Waals surface area contributed by atoms with Gasteiger partial charge in [0, 0.05) is 116 Å². The molecule has 18 rings (SSSR count). The summed E-state index contributed by atoms with van der Waals surface area (Å²) in [5.41, 5.74) is 21.0. The van der Waals surface area contributed by atoms with Gasteiger partial charge in [0.2, 0.25) is 5.91 Å². The highest BCUT2D eigenvalue weighted by molar-refractivity contribution is 6.03. The number of benzene rings is 3. The highest BCUT2D eigenvalue weighted by atomic mass is 16.5. The van der Waals surface area contributed by atoms with Gasteiger partial charge in [-0.15, -0.1) is 0 Å². The third kappa shape index (κ3) is 10.1. The van der Waals surface area contributed by atoms with Crippen LogP contribution < -0.4 is 11.5 Å². The first-order chi connectivity index (χ1) is 45.6. The van der Waals surface area contributed by atoms with Crippen LogP contribution in [-0.2, 0) is 33.4 Å². The molecule has 13 heteroatoms. The van der Waals surface area contributed by atoms with Crippen molar-refractivity contribution in [1.29, 1.82) is 0 Å². The van der Waals surface area contributed by atoms with Crippen molar-refractivity contribution in [1.82, 2.24) is 15.0 Å². The minimum Gasteiger partial charge on any atom is -0.489 e. The smallest absolute Gasteiger partial charge is 0.221 e. The highest BCUT2D eigenvalue weighted by Gasteiger charge is 2.56. The number of Topliss-reactive ketones (excluding diaryl/α,β-unsaturated/α-hetero) is 3. The molecule has 3 unspecified atom stereocenters. The van der Waals surface area contributed by atoms with Crippen LogP contribution in [0.3, 0.4) is 0 Å². The van der Waals surface area contributed by atoms with Gasteiger partial charge in [-0.25, -0.2) is 0 Å². The van der Waals surface area contributed by atoms with Crippen molar-refractivity contribution in [3.8, 4) is 0 Å². The van der Waals surface area contributed by atoms with Crippen LogP contribution in [0.4, 0.5) is 0 Å². The predicted molar refractivity (Wildman–Crippen MR) is 362 cm³/mol. The molecule has 3 fully saturated rings. The molecular weight excluding hydrogens is 1170 g/mol. The number of carbonyl (C=O) groups excluding carboxylic acids is 4. The number of carbonyl (C=O) groups is 4. The van der Waals surface area contributed by atoms with Gasteiger partial charge in [-0.05, 0) is 183 Å². The molecule has 6 heterocycles. The molecule has 0 spiro atoms. The molecule has 3 aromatic carbocycles. The number of nitrogens with two attached hydrogens (primary N) is 2. The van der Waals surface area contributed by atoms with Gasteiger partial charge in [0.05, 0.1) is 22.6 Å². The second-order valence-electron chi connectivity index (χ2n) is 29.6. The van der Waals surface area contributed by atoms with Gasteiger partial charge in [-0.3, -0.25) is 34.1 Å². The Hall–Kier alpha value is -8.65. The van der Waals surface area contributed by atoms with Gasteiger partial charge in [-0.1, -0.05) is 106 Å². The lowest BCUT2D eigenvalue weighted by Gasteiger charge is -2.45. The number of amides is 1. The van der Waals surface area contributed by atoms with E-state index in [0.29, 0.717) is 79.1 Å². The van der Waals surface area contributed by atoms with Gasteiger partial charge in [0.15, 0.2) is 17.3 Å². The monoisotopic (exact) mass is 1250 g/mol. The van der Waals surface area contributed by atoms with Crippen LogP contribution in [0, 0.1) is 51.8 Å². The Kier molecular flexibility index (Phi) is 15.0. The SMILES string of the molecule is C[C@]12C=CC3=CC4=C(CC(C(N)=O)CC4=O)O[C@H]3[C@@H]1CC[C@@H]2c1ccc2ccncc2c1.C[C@]12C=CC3=CC4=C(CC(CN)CC4=O)O[C@H]3[C@@H]1CC[C@@H]2c1ccc2cnccc2c1.C[C@]12C=CC3=CC4=C(CC(CO)CC4=O)O[C@H]3[C@@H]1CC[C@@H]2c1ccc2cnccc2c1. The van der Waals surface area contributed by atoms with Crippen molar-refractivity contribution < 1.29 is 38.5 Å². The first kappa shape index (κ1) is 60.3. The summed E-state index contributed by atoms with van der Waals surface area (Å²) in [4.78, 5) is 62.4. The van der Waals surface area contributed by atoms with Crippen molar-refractivity contribution in [3.63, 3.8) is 0 Å². The highest BCUT2D eigenvalue weighted by Crippen LogP contribution is 2.63. The number of nitrogens with zero attached hydrogens (tertiary/aromatic N) is 3. The molecule has 0 saturated heterocycles. The van der Waals surface area contributed by atoms with Gasteiger partial charge in [0.1, 0.15) is 35.6 Å². The van der Waals surface area contributed by atoms with Crippen LogP contribution in [0.2, 0.25) is 0 Å². The molecule has 12 aliphatic rings. The largest absolute Gasteiger partial charge is 0.489 e. The van der Waals surface area contributed by atoms with Crippen molar-refractivity contribution in [3.05, 3.63) is 232 Å². The first-order valence-electron chi connectivity index (χ1n) is 34.2. The zero-order chi connectivity index (χ0) is 64.4. The average Bonchev–Trinajstić information content (AvgIpc) is 1.47. The van der Waals surface area contributed by atoms with Gasteiger partial charge < -0.3 is 30.8 Å². The Morgan fingerprint density at radius 1 is 0.479 bits per heavy atom. The van der Waals surface area contributed by atoms with Crippen LogP contribution in [-0.4, -0.2) is 74.8 Å². The van der Waals surface area contributed by atoms with Crippen LogP contribution >= 0.6 is 0 Å².